The molecule has 0 unspecified atom stereocenters. The fourth-order valence-corrected chi connectivity index (χ4v) is 0.300. The summed E-state index contributed by atoms with van der Waals surface area (Å²) in [5.74, 6) is -0.681. The van der Waals surface area contributed by atoms with Crippen LogP contribution in [0.5, 0.6) is 0 Å². The van der Waals surface area contributed by atoms with Gasteiger partial charge in [-0.15, -0.1) is 0 Å². The van der Waals surface area contributed by atoms with Gasteiger partial charge >= 0.3 is 5.97 Å². The number of rotatable bonds is 3. The van der Waals surface area contributed by atoms with Crippen molar-refractivity contribution in [3.63, 3.8) is 0 Å². The van der Waals surface area contributed by atoms with Crippen molar-refractivity contribution in [3.8, 4) is 0 Å². The summed E-state index contributed by atoms with van der Waals surface area (Å²) in [7, 11) is 0. The van der Waals surface area contributed by atoms with Crippen molar-refractivity contribution in [2.45, 2.75) is 0 Å². The van der Waals surface area contributed by atoms with E-state index in [4.69, 9.17) is 16.7 Å². The lowest BCUT2D eigenvalue weighted by Crippen LogP contribution is -2.02. The van der Waals surface area contributed by atoms with Gasteiger partial charge in [-0.25, -0.2) is 4.79 Å². The zero-order chi connectivity index (χ0) is 7.98. The van der Waals surface area contributed by atoms with E-state index in [1.54, 1.807) is 0 Å². The monoisotopic (exact) mass is 162 g/mol. The van der Waals surface area contributed by atoms with Gasteiger partial charge in [-0.2, -0.15) is 0 Å². The van der Waals surface area contributed by atoms with Crippen LogP contribution < -0.4 is 0 Å². The average Bonchev–Trinajstić information content (AvgIpc) is 1.88. The van der Waals surface area contributed by atoms with E-state index in [-0.39, 0.29) is 11.6 Å². The number of hydrogen-bond acceptors (Lipinski definition) is 3. The average molecular weight is 163 g/mol. The van der Waals surface area contributed by atoms with Crippen molar-refractivity contribution in [3.05, 3.63) is 23.9 Å². The minimum atomic E-state index is -0.681. The SMILES string of the molecule is C=C(Cl)C(=O)OCC=CO. The Morgan fingerprint density at radius 3 is 2.80 bits per heavy atom. The zero-order valence-electron chi connectivity index (χ0n) is 5.21. The Bertz CT molecular complexity index is 162. The molecule has 56 valence electrons. The molecule has 0 aliphatic heterocycles. The van der Waals surface area contributed by atoms with Crippen LogP contribution in [0.25, 0.3) is 0 Å². The first-order valence-corrected chi connectivity index (χ1v) is 2.87. The van der Waals surface area contributed by atoms with Gasteiger partial charge in [0.2, 0.25) is 0 Å². The van der Waals surface area contributed by atoms with Crippen molar-refractivity contribution >= 4 is 17.6 Å². The second kappa shape index (κ2) is 4.88. The highest BCUT2D eigenvalue weighted by molar-refractivity contribution is 6.40. The summed E-state index contributed by atoms with van der Waals surface area (Å²) in [5, 5.41) is 7.92. The van der Waals surface area contributed by atoms with Gasteiger partial charge in [0, 0.05) is 0 Å². The fourth-order valence-electron chi connectivity index (χ4n) is 0.245. The van der Waals surface area contributed by atoms with Crippen LogP contribution >= 0.6 is 11.6 Å². The predicted molar refractivity (Wildman–Crippen MR) is 37.7 cm³/mol. The summed E-state index contributed by atoms with van der Waals surface area (Å²) >= 11 is 5.15. The molecule has 0 aromatic carbocycles. The molecule has 0 fully saturated rings. The van der Waals surface area contributed by atoms with E-state index in [0.29, 0.717) is 0 Å². The number of hydrogen-bond donors (Lipinski definition) is 1. The lowest BCUT2D eigenvalue weighted by molar-refractivity contribution is -0.137. The molecule has 0 radical (unpaired) electrons. The Hall–Kier alpha value is -0.960. The van der Waals surface area contributed by atoms with Gasteiger partial charge in [-0.05, 0) is 6.08 Å². The third-order valence-corrected chi connectivity index (χ3v) is 0.792. The van der Waals surface area contributed by atoms with Gasteiger partial charge < -0.3 is 9.84 Å². The van der Waals surface area contributed by atoms with Crippen molar-refractivity contribution in [2.24, 2.45) is 0 Å². The molecule has 10 heavy (non-hydrogen) atoms. The number of carbonyl (C=O) groups is 1. The number of carbonyl (C=O) groups excluding carboxylic acids is 1. The van der Waals surface area contributed by atoms with Crippen LogP contribution in [0.4, 0.5) is 0 Å². The Morgan fingerprint density at radius 1 is 1.80 bits per heavy atom. The normalized spacial score (nSPS) is 9.70. The van der Waals surface area contributed by atoms with Gasteiger partial charge in [0.05, 0.1) is 6.26 Å². The molecule has 0 aliphatic rings. The van der Waals surface area contributed by atoms with Gasteiger partial charge in [-0.3, -0.25) is 0 Å². The topological polar surface area (TPSA) is 46.5 Å². The van der Waals surface area contributed by atoms with Crippen LogP contribution in [0.15, 0.2) is 23.9 Å². The number of ether oxygens (including phenoxy) is 1. The third-order valence-electron chi connectivity index (χ3n) is 0.638. The van der Waals surface area contributed by atoms with Crippen LogP contribution in [0.2, 0.25) is 0 Å². The molecule has 0 bridgehead atoms. The minimum absolute atomic E-state index is 0.00106. The number of halogens is 1. The minimum Gasteiger partial charge on any atom is -0.516 e. The van der Waals surface area contributed by atoms with E-state index in [9.17, 15) is 4.79 Å². The molecule has 0 rings (SSSR count). The molecule has 0 saturated heterocycles. The first kappa shape index (κ1) is 9.04. The van der Waals surface area contributed by atoms with E-state index < -0.39 is 5.97 Å². The Labute approximate surface area is 63.6 Å². The van der Waals surface area contributed by atoms with Gasteiger partial charge in [0.25, 0.3) is 0 Å². The summed E-state index contributed by atoms with van der Waals surface area (Å²) in [6.45, 7) is 3.14. The number of esters is 1. The lowest BCUT2D eigenvalue weighted by atomic mass is 10.6. The Balaban J connectivity index is 3.50. The van der Waals surface area contributed by atoms with Crippen LogP contribution in [0.1, 0.15) is 0 Å². The molecule has 0 aromatic heterocycles. The Kier molecular flexibility index (Phi) is 4.41. The maximum absolute atomic E-state index is 10.4. The fraction of sp³-hybridized carbons (Fsp3) is 0.167. The van der Waals surface area contributed by atoms with E-state index in [1.807, 2.05) is 0 Å². The van der Waals surface area contributed by atoms with Crippen LogP contribution in [-0.4, -0.2) is 17.7 Å². The van der Waals surface area contributed by atoms with Crippen molar-refractivity contribution in [1.29, 1.82) is 0 Å². The number of aliphatic hydroxyl groups is 1. The molecular formula is C6H7ClO3. The smallest absolute Gasteiger partial charge is 0.349 e. The molecular weight excluding hydrogens is 156 g/mol. The first-order valence-electron chi connectivity index (χ1n) is 2.49. The highest BCUT2D eigenvalue weighted by Gasteiger charge is 2.01. The molecule has 0 aliphatic carbocycles. The molecule has 0 spiro atoms. The van der Waals surface area contributed by atoms with Crippen LogP contribution in [0, 0.1) is 0 Å². The van der Waals surface area contributed by atoms with Crippen molar-refractivity contribution in [1.82, 2.24) is 0 Å². The van der Waals surface area contributed by atoms with E-state index in [1.165, 1.54) is 6.08 Å². The van der Waals surface area contributed by atoms with Crippen LogP contribution in [0.3, 0.4) is 0 Å². The quantitative estimate of drug-likeness (QED) is 0.387. The summed E-state index contributed by atoms with van der Waals surface area (Å²) in [6.07, 6.45) is 2.04. The van der Waals surface area contributed by atoms with Crippen LogP contribution in [-0.2, 0) is 9.53 Å². The highest BCUT2D eigenvalue weighted by atomic mass is 35.5. The van der Waals surface area contributed by atoms with Crippen molar-refractivity contribution in [2.75, 3.05) is 6.61 Å². The highest BCUT2D eigenvalue weighted by Crippen LogP contribution is 1.98. The summed E-state index contributed by atoms with van der Waals surface area (Å²) in [6, 6.07) is 0. The molecule has 0 amide bonds. The van der Waals surface area contributed by atoms with E-state index in [2.05, 4.69) is 11.3 Å². The van der Waals surface area contributed by atoms with Gasteiger partial charge in [0.15, 0.2) is 0 Å². The largest absolute Gasteiger partial charge is 0.516 e. The second-order valence-corrected chi connectivity index (χ2v) is 1.84. The zero-order valence-corrected chi connectivity index (χ0v) is 5.97. The van der Waals surface area contributed by atoms with Crippen molar-refractivity contribution < 1.29 is 14.6 Å². The number of aliphatic hydroxyl groups excluding tert-OH is 1. The maximum atomic E-state index is 10.4. The molecule has 3 nitrogen and oxygen atoms in total. The van der Waals surface area contributed by atoms with E-state index in [0.717, 1.165) is 6.26 Å². The van der Waals surface area contributed by atoms with Gasteiger partial charge in [-0.1, -0.05) is 18.2 Å². The van der Waals surface area contributed by atoms with Gasteiger partial charge in [0.1, 0.15) is 11.6 Å². The third kappa shape index (κ3) is 3.97. The Morgan fingerprint density at radius 2 is 2.40 bits per heavy atom. The standard InChI is InChI=1S/C6H7ClO3/c1-5(7)6(9)10-4-2-3-8/h2-3,8H,1,4H2. The molecule has 4 heteroatoms. The molecule has 0 saturated carbocycles. The lowest BCUT2D eigenvalue weighted by Gasteiger charge is -1.96. The molecule has 0 atom stereocenters. The molecule has 0 heterocycles. The summed E-state index contributed by atoms with van der Waals surface area (Å²) < 4.78 is 4.43. The maximum Gasteiger partial charge on any atom is 0.349 e. The molecule has 1 N–H and O–H groups in total. The summed E-state index contributed by atoms with van der Waals surface area (Å²) in [5.41, 5.74) is 0. The summed E-state index contributed by atoms with van der Waals surface area (Å²) in [4.78, 5) is 10.4. The molecule has 0 aromatic rings. The second-order valence-electron chi connectivity index (χ2n) is 1.39. The first-order chi connectivity index (χ1) is 4.68. The predicted octanol–water partition coefficient (Wildman–Crippen LogP) is 1.35. The van der Waals surface area contributed by atoms with E-state index >= 15 is 0 Å².